The van der Waals surface area contributed by atoms with E-state index in [1.165, 1.54) is 11.1 Å². The SMILES string of the molecule is CCC(=O)c1ccc(SCCOc2c(C)cccc2C)cc1. The lowest BCUT2D eigenvalue weighted by Gasteiger charge is -2.11. The topological polar surface area (TPSA) is 26.3 Å². The fraction of sp³-hybridized carbons (Fsp3) is 0.316. The number of hydrogen-bond acceptors (Lipinski definition) is 3. The Morgan fingerprint density at radius 1 is 1.05 bits per heavy atom. The number of para-hydroxylation sites is 1. The van der Waals surface area contributed by atoms with Crippen LogP contribution in [0.4, 0.5) is 0 Å². The summed E-state index contributed by atoms with van der Waals surface area (Å²) >= 11 is 1.74. The second-order valence-corrected chi connectivity index (χ2v) is 6.39. The summed E-state index contributed by atoms with van der Waals surface area (Å²) in [7, 11) is 0. The van der Waals surface area contributed by atoms with Gasteiger partial charge in [-0.25, -0.2) is 0 Å². The quantitative estimate of drug-likeness (QED) is 0.405. The van der Waals surface area contributed by atoms with Crippen LogP contribution in [0.15, 0.2) is 47.4 Å². The summed E-state index contributed by atoms with van der Waals surface area (Å²) in [6.07, 6.45) is 0.552. The molecule has 2 rings (SSSR count). The lowest BCUT2D eigenvalue weighted by atomic mass is 10.1. The van der Waals surface area contributed by atoms with Crippen molar-refractivity contribution in [3.8, 4) is 5.75 Å². The van der Waals surface area contributed by atoms with Gasteiger partial charge in [-0.3, -0.25) is 4.79 Å². The average molecular weight is 314 g/mol. The normalized spacial score (nSPS) is 10.5. The van der Waals surface area contributed by atoms with E-state index in [0.717, 1.165) is 22.0 Å². The van der Waals surface area contributed by atoms with Crippen LogP contribution in [0.5, 0.6) is 5.75 Å². The van der Waals surface area contributed by atoms with Crippen molar-refractivity contribution >= 4 is 17.5 Å². The third-order valence-corrected chi connectivity index (χ3v) is 4.48. The number of Topliss-reactive ketones (excluding diaryl/α,β-unsaturated/α-hetero) is 1. The van der Waals surface area contributed by atoms with E-state index in [2.05, 4.69) is 26.0 Å². The Labute approximate surface area is 136 Å². The Balaban J connectivity index is 1.83. The van der Waals surface area contributed by atoms with Crippen molar-refractivity contribution in [2.45, 2.75) is 32.1 Å². The number of ketones is 1. The third kappa shape index (κ3) is 4.38. The summed E-state index contributed by atoms with van der Waals surface area (Å²) in [5.41, 5.74) is 3.14. The standard InChI is InChI=1S/C19H22O2S/c1-4-18(20)16-8-10-17(11-9-16)22-13-12-21-19-14(2)6-5-7-15(19)3/h5-11H,4,12-13H2,1-3H3. The van der Waals surface area contributed by atoms with Crippen LogP contribution in [0.3, 0.4) is 0 Å². The molecule has 0 spiro atoms. The van der Waals surface area contributed by atoms with Crippen molar-refractivity contribution in [1.82, 2.24) is 0 Å². The third-order valence-electron chi connectivity index (χ3n) is 3.50. The molecule has 0 heterocycles. The molecule has 0 saturated carbocycles. The van der Waals surface area contributed by atoms with Crippen LogP contribution in [0, 0.1) is 13.8 Å². The van der Waals surface area contributed by atoms with Gasteiger partial charge in [0.05, 0.1) is 6.61 Å². The Hall–Kier alpha value is -1.74. The maximum Gasteiger partial charge on any atom is 0.162 e. The fourth-order valence-corrected chi connectivity index (χ4v) is 3.00. The molecule has 2 nitrogen and oxygen atoms in total. The zero-order valence-electron chi connectivity index (χ0n) is 13.4. The smallest absolute Gasteiger partial charge is 0.162 e. The van der Waals surface area contributed by atoms with Crippen molar-refractivity contribution in [2.75, 3.05) is 12.4 Å². The molecule has 0 aliphatic heterocycles. The van der Waals surface area contributed by atoms with Gasteiger partial charge in [-0.15, -0.1) is 11.8 Å². The molecular weight excluding hydrogens is 292 g/mol. The molecular formula is C19H22O2S. The number of benzene rings is 2. The molecule has 0 bridgehead atoms. The molecule has 116 valence electrons. The van der Waals surface area contributed by atoms with Crippen molar-refractivity contribution in [3.63, 3.8) is 0 Å². The van der Waals surface area contributed by atoms with Crippen LogP contribution in [-0.4, -0.2) is 18.1 Å². The summed E-state index contributed by atoms with van der Waals surface area (Å²) in [6, 6.07) is 14.0. The first kappa shape index (κ1) is 16.6. The van der Waals surface area contributed by atoms with Crippen LogP contribution in [0.25, 0.3) is 0 Å². The highest BCUT2D eigenvalue weighted by molar-refractivity contribution is 7.99. The Kier molecular flexibility index (Phi) is 6.08. The van der Waals surface area contributed by atoms with Crippen molar-refractivity contribution in [1.29, 1.82) is 0 Å². The highest BCUT2D eigenvalue weighted by Crippen LogP contribution is 2.23. The molecule has 22 heavy (non-hydrogen) atoms. The van der Waals surface area contributed by atoms with Crippen LogP contribution in [-0.2, 0) is 0 Å². The maximum absolute atomic E-state index is 11.6. The summed E-state index contributed by atoms with van der Waals surface area (Å²) < 4.78 is 5.89. The summed E-state index contributed by atoms with van der Waals surface area (Å²) in [5, 5.41) is 0. The summed E-state index contributed by atoms with van der Waals surface area (Å²) in [6.45, 7) is 6.69. The van der Waals surface area contributed by atoms with Gasteiger partial charge >= 0.3 is 0 Å². The second-order valence-electron chi connectivity index (χ2n) is 5.22. The van der Waals surface area contributed by atoms with Gasteiger partial charge in [-0.2, -0.15) is 0 Å². The zero-order chi connectivity index (χ0) is 15.9. The highest BCUT2D eigenvalue weighted by Gasteiger charge is 2.04. The van der Waals surface area contributed by atoms with Gasteiger partial charge in [-0.1, -0.05) is 37.3 Å². The summed E-state index contributed by atoms with van der Waals surface area (Å²) in [4.78, 5) is 12.7. The lowest BCUT2D eigenvalue weighted by molar-refractivity contribution is 0.0988. The minimum Gasteiger partial charge on any atom is -0.492 e. The molecule has 0 atom stereocenters. The maximum atomic E-state index is 11.6. The van der Waals surface area contributed by atoms with Gasteiger partial charge in [0.15, 0.2) is 5.78 Å². The van der Waals surface area contributed by atoms with Crippen LogP contribution in [0.2, 0.25) is 0 Å². The number of hydrogen-bond donors (Lipinski definition) is 0. The molecule has 0 aliphatic carbocycles. The second kappa shape index (κ2) is 8.04. The van der Waals surface area contributed by atoms with Gasteiger partial charge in [-0.05, 0) is 37.1 Å². The van der Waals surface area contributed by atoms with E-state index >= 15 is 0 Å². The molecule has 0 fully saturated rings. The van der Waals surface area contributed by atoms with E-state index in [0.29, 0.717) is 13.0 Å². The fourth-order valence-electron chi connectivity index (χ4n) is 2.27. The molecule has 0 amide bonds. The molecule has 0 aromatic heterocycles. The monoisotopic (exact) mass is 314 g/mol. The predicted molar refractivity (Wildman–Crippen MR) is 93.2 cm³/mol. The molecule has 2 aromatic carbocycles. The Morgan fingerprint density at radius 2 is 1.68 bits per heavy atom. The molecule has 2 aromatic rings. The largest absolute Gasteiger partial charge is 0.492 e. The van der Waals surface area contributed by atoms with Gasteiger partial charge in [0.25, 0.3) is 0 Å². The van der Waals surface area contributed by atoms with Gasteiger partial charge in [0, 0.05) is 22.6 Å². The minimum absolute atomic E-state index is 0.190. The van der Waals surface area contributed by atoms with E-state index in [9.17, 15) is 4.79 Å². The number of carbonyl (C=O) groups is 1. The summed E-state index contributed by atoms with van der Waals surface area (Å²) in [5.74, 6) is 2.07. The number of ether oxygens (including phenoxy) is 1. The van der Waals surface area contributed by atoms with E-state index < -0.39 is 0 Å². The predicted octanol–water partition coefficient (Wildman–Crippen LogP) is 5.07. The first-order valence-electron chi connectivity index (χ1n) is 7.57. The van der Waals surface area contributed by atoms with Crippen molar-refractivity contribution in [2.24, 2.45) is 0 Å². The van der Waals surface area contributed by atoms with Crippen LogP contribution >= 0.6 is 11.8 Å². The van der Waals surface area contributed by atoms with Crippen molar-refractivity contribution < 1.29 is 9.53 Å². The van der Waals surface area contributed by atoms with Gasteiger partial charge < -0.3 is 4.74 Å². The van der Waals surface area contributed by atoms with Gasteiger partial charge in [0.1, 0.15) is 5.75 Å². The Bertz CT molecular complexity index is 612. The van der Waals surface area contributed by atoms with Crippen LogP contribution < -0.4 is 4.74 Å². The Morgan fingerprint density at radius 3 is 2.27 bits per heavy atom. The number of rotatable bonds is 7. The molecule has 0 aliphatic rings. The molecule has 3 heteroatoms. The molecule has 0 N–H and O–H groups in total. The lowest BCUT2D eigenvalue weighted by Crippen LogP contribution is -2.03. The van der Waals surface area contributed by atoms with Crippen molar-refractivity contribution in [3.05, 3.63) is 59.2 Å². The minimum atomic E-state index is 0.190. The van der Waals surface area contributed by atoms with Gasteiger partial charge in [0.2, 0.25) is 0 Å². The van der Waals surface area contributed by atoms with E-state index in [4.69, 9.17) is 4.74 Å². The van der Waals surface area contributed by atoms with Crippen LogP contribution in [0.1, 0.15) is 34.8 Å². The number of thioether (sulfide) groups is 1. The first-order chi connectivity index (χ1) is 10.6. The van der Waals surface area contributed by atoms with E-state index in [-0.39, 0.29) is 5.78 Å². The molecule has 0 saturated heterocycles. The molecule has 0 unspecified atom stereocenters. The zero-order valence-corrected chi connectivity index (χ0v) is 14.2. The van der Waals surface area contributed by atoms with E-state index in [1.807, 2.05) is 37.3 Å². The first-order valence-corrected chi connectivity index (χ1v) is 8.55. The van der Waals surface area contributed by atoms with E-state index in [1.54, 1.807) is 11.8 Å². The highest BCUT2D eigenvalue weighted by atomic mass is 32.2. The molecule has 0 radical (unpaired) electrons. The average Bonchev–Trinajstić information content (AvgIpc) is 2.53. The number of carbonyl (C=O) groups excluding carboxylic acids is 1. The number of aryl methyl sites for hydroxylation is 2.